The van der Waals surface area contributed by atoms with Crippen LogP contribution < -0.4 is 0 Å². The van der Waals surface area contributed by atoms with E-state index in [0.29, 0.717) is 17.6 Å². The van der Waals surface area contributed by atoms with Gasteiger partial charge in [-0.25, -0.2) is 4.39 Å². The van der Waals surface area contributed by atoms with Crippen LogP contribution in [0.15, 0.2) is 28.8 Å². The van der Waals surface area contributed by atoms with Gasteiger partial charge in [0.1, 0.15) is 5.82 Å². The first-order valence-corrected chi connectivity index (χ1v) is 10.0. The fourth-order valence-electron chi connectivity index (χ4n) is 3.68. The number of aromatic nitrogens is 2. The van der Waals surface area contributed by atoms with E-state index < -0.39 is 0 Å². The summed E-state index contributed by atoms with van der Waals surface area (Å²) in [5, 5.41) is 4.03. The normalized spacial score (nSPS) is 16.5. The summed E-state index contributed by atoms with van der Waals surface area (Å²) in [7, 11) is 0. The lowest BCUT2D eigenvalue weighted by molar-refractivity contribution is -0.137. The Morgan fingerprint density at radius 2 is 1.96 bits per heavy atom. The van der Waals surface area contributed by atoms with Crippen molar-refractivity contribution in [1.29, 1.82) is 0 Å². The van der Waals surface area contributed by atoms with Gasteiger partial charge in [0.25, 0.3) is 0 Å². The van der Waals surface area contributed by atoms with Gasteiger partial charge in [0.15, 0.2) is 0 Å². The van der Waals surface area contributed by atoms with Crippen LogP contribution in [0, 0.1) is 11.7 Å². The van der Waals surface area contributed by atoms with E-state index in [2.05, 4.69) is 24.0 Å². The molecule has 3 rings (SSSR count). The number of halogens is 1. The lowest BCUT2D eigenvalue weighted by atomic mass is 9.93. The minimum atomic E-state index is -0.288. The standard InChI is InChI=1S/C21H28FN3O2/c1-3-5-6-15(4-2)21(26)25-13-11-17(12-14-25)20-23-19(24-27-20)16-7-9-18(22)10-8-16/h7-10,15,17H,3-6,11-14H2,1-2H3/t15-/m0/s1. The second-order valence-electron chi connectivity index (χ2n) is 7.31. The molecule has 1 atom stereocenters. The van der Waals surface area contributed by atoms with Gasteiger partial charge in [0.05, 0.1) is 0 Å². The molecule has 27 heavy (non-hydrogen) atoms. The SMILES string of the molecule is CCCC[C@H](CC)C(=O)N1CCC(c2nc(-c3ccc(F)cc3)no2)CC1. The van der Waals surface area contributed by atoms with Gasteiger partial charge in [0, 0.05) is 30.5 Å². The van der Waals surface area contributed by atoms with Crippen molar-refractivity contribution in [2.24, 2.45) is 5.92 Å². The van der Waals surface area contributed by atoms with Crippen molar-refractivity contribution in [3.8, 4) is 11.4 Å². The molecule has 5 nitrogen and oxygen atoms in total. The van der Waals surface area contributed by atoms with Crippen molar-refractivity contribution in [2.75, 3.05) is 13.1 Å². The van der Waals surface area contributed by atoms with Gasteiger partial charge in [-0.2, -0.15) is 4.98 Å². The Balaban J connectivity index is 1.58. The summed E-state index contributed by atoms with van der Waals surface area (Å²) in [6.07, 6.45) is 5.79. The van der Waals surface area contributed by atoms with E-state index in [1.54, 1.807) is 12.1 Å². The molecule has 0 radical (unpaired) electrons. The van der Waals surface area contributed by atoms with Crippen molar-refractivity contribution in [1.82, 2.24) is 15.0 Å². The summed E-state index contributed by atoms with van der Waals surface area (Å²) in [6, 6.07) is 6.06. The summed E-state index contributed by atoms with van der Waals surface area (Å²) in [5.41, 5.74) is 0.737. The molecular weight excluding hydrogens is 345 g/mol. The van der Waals surface area contributed by atoms with Crippen LogP contribution in [-0.2, 0) is 4.79 Å². The highest BCUT2D eigenvalue weighted by atomic mass is 19.1. The maximum Gasteiger partial charge on any atom is 0.230 e. The maximum atomic E-state index is 13.1. The second-order valence-corrected chi connectivity index (χ2v) is 7.31. The number of unbranched alkanes of at least 4 members (excludes halogenated alkanes) is 1. The molecule has 6 heteroatoms. The van der Waals surface area contributed by atoms with Gasteiger partial charge in [-0.1, -0.05) is 31.8 Å². The molecular formula is C21H28FN3O2. The van der Waals surface area contributed by atoms with Crippen LogP contribution in [0.3, 0.4) is 0 Å². The first kappa shape index (κ1) is 19.5. The fourth-order valence-corrected chi connectivity index (χ4v) is 3.68. The largest absolute Gasteiger partial charge is 0.342 e. The van der Waals surface area contributed by atoms with E-state index >= 15 is 0 Å². The molecule has 0 unspecified atom stereocenters. The second kappa shape index (κ2) is 9.11. The lowest BCUT2D eigenvalue weighted by Gasteiger charge is -2.33. The summed E-state index contributed by atoms with van der Waals surface area (Å²) >= 11 is 0. The number of benzene rings is 1. The highest BCUT2D eigenvalue weighted by molar-refractivity contribution is 5.78. The monoisotopic (exact) mass is 373 g/mol. The number of carbonyl (C=O) groups is 1. The van der Waals surface area contributed by atoms with E-state index in [9.17, 15) is 9.18 Å². The van der Waals surface area contributed by atoms with Crippen LogP contribution in [0.1, 0.15) is 64.2 Å². The average molecular weight is 373 g/mol. The minimum Gasteiger partial charge on any atom is -0.342 e. The van der Waals surface area contributed by atoms with Gasteiger partial charge in [0.2, 0.25) is 17.6 Å². The molecule has 0 N–H and O–H groups in total. The van der Waals surface area contributed by atoms with Crippen LogP contribution in [0.25, 0.3) is 11.4 Å². The average Bonchev–Trinajstić information content (AvgIpc) is 3.19. The number of amides is 1. The van der Waals surface area contributed by atoms with Crippen molar-refractivity contribution < 1.29 is 13.7 Å². The number of carbonyl (C=O) groups excluding carboxylic acids is 1. The van der Waals surface area contributed by atoms with E-state index in [0.717, 1.165) is 57.2 Å². The zero-order valence-electron chi connectivity index (χ0n) is 16.2. The summed E-state index contributed by atoms with van der Waals surface area (Å²) in [4.78, 5) is 19.2. The molecule has 1 aliphatic rings. The molecule has 0 saturated carbocycles. The lowest BCUT2D eigenvalue weighted by Crippen LogP contribution is -2.41. The number of likely N-dealkylation sites (tertiary alicyclic amines) is 1. The molecule has 1 aliphatic heterocycles. The van der Waals surface area contributed by atoms with Crippen LogP contribution in [-0.4, -0.2) is 34.0 Å². The molecule has 0 bridgehead atoms. The Bertz CT molecular complexity index is 736. The smallest absolute Gasteiger partial charge is 0.230 e. The zero-order valence-corrected chi connectivity index (χ0v) is 16.2. The van der Waals surface area contributed by atoms with Gasteiger partial charge in [-0.05, 0) is 49.9 Å². The minimum absolute atomic E-state index is 0.148. The number of nitrogens with zero attached hydrogens (tertiary/aromatic N) is 3. The zero-order chi connectivity index (χ0) is 19.2. The van der Waals surface area contributed by atoms with Crippen LogP contribution >= 0.6 is 0 Å². The predicted molar refractivity (Wildman–Crippen MR) is 102 cm³/mol. The molecule has 1 saturated heterocycles. The Morgan fingerprint density at radius 1 is 1.26 bits per heavy atom. The van der Waals surface area contributed by atoms with Gasteiger partial charge < -0.3 is 9.42 Å². The Kier molecular flexibility index (Phi) is 6.58. The molecule has 2 aromatic rings. The topological polar surface area (TPSA) is 59.2 Å². The van der Waals surface area contributed by atoms with Crippen molar-refractivity contribution >= 4 is 5.91 Å². The van der Waals surface area contributed by atoms with Crippen molar-refractivity contribution in [3.63, 3.8) is 0 Å². The molecule has 2 heterocycles. The van der Waals surface area contributed by atoms with Gasteiger partial charge >= 0.3 is 0 Å². The third-order valence-corrected chi connectivity index (χ3v) is 5.45. The number of hydrogen-bond acceptors (Lipinski definition) is 4. The third-order valence-electron chi connectivity index (χ3n) is 5.45. The predicted octanol–water partition coefficient (Wildman–Crippen LogP) is 4.80. The van der Waals surface area contributed by atoms with Crippen LogP contribution in [0.4, 0.5) is 4.39 Å². The Morgan fingerprint density at radius 3 is 2.59 bits per heavy atom. The summed E-state index contributed by atoms with van der Waals surface area (Å²) in [5.74, 6) is 1.42. The van der Waals surface area contributed by atoms with E-state index in [4.69, 9.17) is 4.52 Å². The Hall–Kier alpha value is -2.24. The van der Waals surface area contributed by atoms with E-state index in [-0.39, 0.29) is 17.7 Å². The first-order chi connectivity index (χ1) is 13.1. The first-order valence-electron chi connectivity index (χ1n) is 10.0. The highest BCUT2D eigenvalue weighted by Gasteiger charge is 2.30. The summed E-state index contributed by atoms with van der Waals surface area (Å²) < 4.78 is 18.5. The van der Waals surface area contributed by atoms with Crippen molar-refractivity contribution in [3.05, 3.63) is 36.0 Å². The fraction of sp³-hybridized carbons (Fsp3) is 0.571. The number of rotatable bonds is 7. The van der Waals surface area contributed by atoms with Gasteiger partial charge in [-0.3, -0.25) is 4.79 Å². The quantitative estimate of drug-likeness (QED) is 0.699. The Labute approximate surface area is 159 Å². The van der Waals surface area contributed by atoms with E-state index in [1.807, 2.05) is 4.90 Å². The molecule has 146 valence electrons. The molecule has 1 amide bonds. The molecule has 0 aliphatic carbocycles. The molecule has 1 fully saturated rings. The third kappa shape index (κ3) is 4.73. The maximum absolute atomic E-state index is 13.1. The number of piperidine rings is 1. The van der Waals surface area contributed by atoms with Crippen molar-refractivity contribution in [2.45, 2.75) is 58.3 Å². The van der Waals surface area contributed by atoms with Crippen LogP contribution in [0.5, 0.6) is 0 Å². The summed E-state index contributed by atoms with van der Waals surface area (Å²) in [6.45, 7) is 5.73. The molecule has 0 spiro atoms. The molecule has 1 aromatic carbocycles. The van der Waals surface area contributed by atoms with Gasteiger partial charge in [-0.15, -0.1) is 0 Å². The number of hydrogen-bond donors (Lipinski definition) is 0. The highest BCUT2D eigenvalue weighted by Crippen LogP contribution is 2.30. The van der Waals surface area contributed by atoms with E-state index in [1.165, 1.54) is 12.1 Å². The molecule has 1 aromatic heterocycles. The van der Waals surface area contributed by atoms with Crippen LogP contribution in [0.2, 0.25) is 0 Å².